The summed E-state index contributed by atoms with van der Waals surface area (Å²) in [4.78, 5) is 44.7. The van der Waals surface area contributed by atoms with E-state index in [4.69, 9.17) is 0 Å². The van der Waals surface area contributed by atoms with Gasteiger partial charge in [-0.25, -0.2) is 0 Å². The number of aliphatic hydroxyl groups excluding tert-OH is 1. The van der Waals surface area contributed by atoms with E-state index in [1.165, 1.54) is 9.40 Å². The van der Waals surface area contributed by atoms with Crippen molar-refractivity contribution in [3.8, 4) is 19.5 Å². The van der Waals surface area contributed by atoms with Gasteiger partial charge in [-0.05, 0) is 54.1 Å². The molecule has 4 aromatic heterocycles. The van der Waals surface area contributed by atoms with E-state index in [0.29, 0.717) is 27.8 Å². The fourth-order valence-corrected chi connectivity index (χ4v) is 9.91. The average Bonchev–Trinajstić information content (AvgIpc) is 3.84. The molecule has 2 aliphatic carbocycles. The predicted octanol–water partition coefficient (Wildman–Crippen LogP) is 9.20. The molecule has 4 heterocycles. The summed E-state index contributed by atoms with van der Waals surface area (Å²) >= 11 is 6.62. The predicted molar refractivity (Wildman–Crippen MR) is 173 cm³/mol. The zero-order chi connectivity index (χ0) is 28.5. The van der Waals surface area contributed by atoms with Gasteiger partial charge in [0.15, 0.2) is 17.3 Å². The number of hydrogen-bond acceptors (Lipinski definition) is 8. The minimum Gasteiger partial charge on any atom is -0.383 e. The molecule has 0 bridgehead atoms. The molecular formula is C34H18O4S4. The van der Waals surface area contributed by atoms with Gasteiger partial charge >= 0.3 is 0 Å². The standard InChI is InChI=1S/C34H18O4S4/c35-31-19-5-1-2-6-20(19)32(36)23(31)13-17-9-11-25(39-17)27-15-29-30(41-27)16-28(42-29)26-12-10-18(40-26)14-24-33(37)21-7-3-4-8-22(21)34(24)38/h1-16,31,35H/b23-13-. The Hall–Kier alpha value is -4.05. The monoisotopic (exact) mass is 618 g/mol. The van der Waals surface area contributed by atoms with Gasteiger partial charge in [0, 0.05) is 60.9 Å². The van der Waals surface area contributed by atoms with Crippen LogP contribution in [0.2, 0.25) is 0 Å². The van der Waals surface area contributed by atoms with E-state index in [0.717, 1.165) is 29.3 Å². The van der Waals surface area contributed by atoms with Crippen molar-refractivity contribution in [1.82, 2.24) is 0 Å². The van der Waals surface area contributed by atoms with Crippen LogP contribution in [0.1, 0.15) is 52.5 Å². The second-order valence-corrected chi connectivity index (χ2v) is 14.4. The smallest absolute Gasteiger partial charge is 0.197 e. The van der Waals surface area contributed by atoms with Crippen LogP contribution in [0.3, 0.4) is 0 Å². The van der Waals surface area contributed by atoms with Crippen molar-refractivity contribution in [2.24, 2.45) is 0 Å². The van der Waals surface area contributed by atoms with Crippen LogP contribution in [0.15, 0.2) is 96.1 Å². The molecule has 6 aromatic rings. The molecule has 2 aliphatic rings. The number of carbonyl (C=O) groups excluding carboxylic acids is 3. The second kappa shape index (κ2) is 9.76. The third-order valence-corrected chi connectivity index (χ3v) is 12.2. The van der Waals surface area contributed by atoms with Crippen LogP contribution in [0.5, 0.6) is 0 Å². The van der Waals surface area contributed by atoms with Gasteiger partial charge in [0.2, 0.25) is 0 Å². The van der Waals surface area contributed by atoms with Crippen LogP contribution in [0.25, 0.3) is 41.1 Å². The lowest BCUT2D eigenvalue weighted by Crippen LogP contribution is -1.99. The SMILES string of the molecule is O=C1C(=Cc2ccc(-c3cc4sc(-c5ccc(/C=C6\C(=O)c7ccccc7C6O)s5)cc4s3)s2)C(=O)c2ccccc21. The maximum atomic E-state index is 12.8. The van der Waals surface area contributed by atoms with Crippen molar-refractivity contribution in [3.63, 3.8) is 0 Å². The molecule has 0 amide bonds. The van der Waals surface area contributed by atoms with Crippen molar-refractivity contribution >= 4 is 84.2 Å². The Morgan fingerprint density at radius 2 is 1.07 bits per heavy atom. The Labute approximate surface area is 256 Å². The molecule has 202 valence electrons. The van der Waals surface area contributed by atoms with Gasteiger partial charge in [0.05, 0.1) is 5.57 Å². The van der Waals surface area contributed by atoms with E-state index >= 15 is 0 Å². The van der Waals surface area contributed by atoms with Crippen LogP contribution >= 0.6 is 45.3 Å². The lowest BCUT2D eigenvalue weighted by Gasteiger charge is -2.03. The molecule has 0 radical (unpaired) electrons. The highest BCUT2D eigenvalue weighted by molar-refractivity contribution is 7.33. The molecule has 2 aromatic carbocycles. The van der Waals surface area contributed by atoms with Crippen molar-refractivity contribution in [2.75, 3.05) is 0 Å². The Morgan fingerprint density at radius 3 is 1.64 bits per heavy atom. The minimum absolute atomic E-state index is 0.114. The quantitative estimate of drug-likeness (QED) is 0.158. The lowest BCUT2D eigenvalue weighted by atomic mass is 10.1. The first-order valence-corrected chi connectivity index (χ1v) is 16.4. The summed E-state index contributed by atoms with van der Waals surface area (Å²) in [6.07, 6.45) is 2.63. The number of ketones is 3. The number of allylic oxidation sites excluding steroid dienone is 1. The summed E-state index contributed by atoms with van der Waals surface area (Å²) in [6.45, 7) is 0. The van der Waals surface area contributed by atoms with E-state index in [-0.39, 0.29) is 22.9 Å². The molecule has 1 atom stereocenters. The molecule has 8 heteroatoms. The van der Waals surface area contributed by atoms with Gasteiger partial charge in [0.25, 0.3) is 0 Å². The molecule has 1 N–H and O–H groups in total. The van der Waals surface area contributed by atoms with Gasteiger partial charge in [0.1, 0.15) is 6.10 Å². The van der Waals surface area contributed by atoms with Gasteiger partial charge in [-0.3, -0.25) is 14.4 Å². The van der Waals surface area contributed by atoms with Crippen molar-refractivity contribution in [2.45, 2.75) is 6.10 Å². The summed E-state index contributed by atoms with van der Waals surface area (Å²) in [7, 11) is 0. The Kier molecular flexibility index (Phi) is 5.96. The van der Waals surface area contributed by atoms with E-state index < -0.39 is 6.10 Å². The first-order valence-electron chi connectivity index (χ1n) is 13.1. The molecule has 1 unspecified atom stereocenters. The summed E-state index contributed by atoms with van der Waals surface area (Å²) < 4.78 is 2.39. The number of fused-ring (bicyclic) bond motifs is 3. The number of thiophene rings is 4. The zero-order valence-corrected chi connectivity index (χ0v) is 24.9. The first-order chi connectivity index (χ1) is 20.4. The van der Waals surface area contributed by atoms with E-state index in [9.17, 15) is 19.5 Å². The summed E-state index contributed by atoms with van der Waals surface area (Å²) in [5.41, 5.74) is 2.83. The number of hydrogen-bond donors (Lipinski definition) is 1. The molecule has 0 saturated heterocycles. The van der Waals surface area contributed by atoms with Crippen LogP contribution in [0.4, 0.5) is 0 Å². The van der Waals surface area contributed by atoms with Crippen molar-refractivity contribution < 1.29 is 19.5 Å². The minimum atomic E-state index is -0.894. The van der Waals surface area contributed by atoms with Crippen molar-refractivity contribution in [3.05, 3.63) is 128 Å². The van der Waals surface area contributed by atoms with Crippen LogP contribution in [-0.2, 0) is 0 Å². The fraction of sp³-hybridized carbons (Fsp3) is 0.0294. The normalized spacial score (nSPS) is 17.1. The molecule has 0 aliphatic heterocycles. The third-order valence-electron chi connectivity index (χ3n) is 7.49. The molecular weight excluding hydrogens is 601 g/mol. The number of Topliss-reactive ketones (excluding diaryl/α,β-unsaturated/α-hetero) is 3. The lowest BCUT2D eigenvalue weighted by molar-refractivity contribution is 0.0986. The molecule has 0 spiro atoms. The molecule has 42 heavy (non-hydrogen) atoms. The van der Waals surface area contributed by atoms with Crippen LogP contribution in [-0.4, -0.2) is 22.5 Å². The number of benzene rings is 2. The highest BCUT2D eigenvalue weighted by Crippen LogP contribution is 2.45. The third kappa shape index (κ3) is 4.06. The van der Waals surface area contributed by atoms with E-state index in [1.807, 2.05) is 36.4 Å². The molecule has 0 saturated carbocycles. The van der Waals surface area contributed by atoms with Gasteiger partial charge in [-0.1, -0.05) is 48.5 Å². The summed E-state index contributed by atoms with van der Waals surface area (Å²) in [6, 6.07) is 26.6. The van der Waals surface area contributed by atoms with E-state index in [2.05, 4.69) is 18.2 Å². The van der Waals surface area contributed by atoms with Crippen molar-refractivity contribution in [1.29, 1.82) is 0 Å². The van der Waals surface area contributed by atoms with Gasteiger partial charge in [-0.2, -0.15) is 0 Å². The maximum Gasteiger partial charge on any atom is 0.197 e. The fourth-order valence-electron chi connectivity index (χ4n) is 5.44. The Bertz CT molecular complexity index is 2110. The highest BCUT2D eigenvalue weighted by atomic mass is 32.1. The summed E-state index contributed by atoms with van der Waals surface area (Å²) in [5, 5.41) is 10.7. The largest absolute Gasteiger partial charge is 0.383 e. The number of carbonyl (C=O) groups is 3. The topological polar surface area (TPSA) is 71.4 Å². The zero-order valence-electron chi connectivity index (χ0n) is 21.6. The summed E-state index contributed by atoms with van der Waals surface area (Å²) in [5.74, 6) is -0.533. The average molecular weight is 619 g/mol. The maximum absolute atomic E-state index is 12.8. The van der Waals surface area contributed by atoms with Crippen LogP contribution in [0, 0.1) is 0 Å². The first kappa shape index (κ1) is 25.6. The Morgan fingerprint density at radius 1 is 0.548 bits per heavy atom. The molecule has 8 rings (SSSR count). The van der Waals surface area contributed by atoms with Gasteiger partial charge < -0.3 is 5.11 Å². The second-order valence-electron chi connectivity index (χ2n) is 10.0. The number of aliphatic hydroxyl groups is 1. The van der Waals surface area contributed by atoms with Crippen LogP contribution < -0.4 is 0 Å². The highest BCUT2D eigenvalue weighted by Gasteiger charge is 2.33. The Balaban J connectivity index is 1.03. The van der Waals surface area contributed by atoms with Gasteiger partial charge in [-0.15, -0.1) is 45.3 Å². The number of rotatable bonds is 4. The molecule has 4 nitrogen and oxygen atoms in total. The van der Waals surface area contributed by atoms with E-state index in [1.54, 1.807) is 87.8 Å². The molecule has 0 fully saturated rings.